The zero-order valence-electron chi connectivity index (χ0n) is 7.12. The van der Waals surface area contributed by atoms with E-state index in [4.69, 9.17) is 11.5 Å². The number of rotatable bonds is 3. The third kappa shape index (κ3) is 2.39. The normalized spacial score (nSPS) is 9.46. The van der Waals surface area contributed by atoms with Crippen LogP contribution in [0.1, 0.15) is 5.56 Å². The molecule has 1 aromatic rings. The van der Waals surface area contributed by atoms with Crippen LogP contribution in [0.25, 0.3) is 0 Å². The predicted molar refractivity (Wildman–Crippen MR) is 50.3 cm³/mol. The second kappa shape index (κ2) is 4.39. The molecule has 0 spiro atoms. The molecule has 0 saturated heterocycles. The van der Waals surface area contributed by atoms with E-state index in [1.54, 1.807) is 12.1 Å². The number of para-hydroxylation sites is 1. The summed E-state index contributed by atoms with van der Waals surface area (Å²) in [5, 5.41) is 21.4. The van der Waals surface area contributed by atoms with Crippen LogP contribution in [0.5, 0.6) is 11.5 Å². The number of phenols is 2. The quantitative estimate of drug-likeness (QED) is 0.364. The molecule has 1 aromatic carbocycles. The van der Waals surface area contributed by atoms with Crippen LogP contribution in [-0.2, 0) is 6.54 Å². The molecular weight excluding hydrogens is 166 g/mol. The first-order chi connectivity index (χ1) is 6.25. The maximum atomic E-state index is 9.36. The van der Waals surface area contributed by atoms with E-state index in [9.17, 15) is 5.11 Å². The van der Waals surface area contributed by atoms with Gasteiger partial charge in [-0.1, -0.05) is 18.1 Å². The fraction of sp³-hybridized carbons (Fsp3) is 0.200. The van der Waals surface area contributed by atoms with Crippen molar-refractivity contribution in [3.05, 3.63) is 23.8 Å². The van der Waals surface area contributed by atoms with Gasteiger partial charge in [0.2, 0.25) is 0 Å². The summed E-state index contributed by atoms with van der Waals surface area (Å²) in [5.41, 5.74) is 0.634. The number of nitrogens with one attached hydrogen (secondary N) is 1. The first kappa shape index (κ1) is 9.43. The summed E-state index contributed by atoms with van der Waals surface area (Å²) in [6.45, 7) is 0.888. The fourth-order valence-corrected chi connectivity index (χ4v) is 0.990. The number of hydrogen-bond donors (Lipinski definition) is 3. The minimum atomic E-state index is -0.111. The Kier molecular flexibility index (Phi) is 3.18. The molecule has 13 heavy (non-hydrogen) atoms. The smallest absolute Gasteiger partial charge is 0.161 e. The molecule has 0 radical (unpaired) electrons. The molecule has 3 heteroatoms. The molecule has 0 atom stereocenters. The summed E-state index contributed by atoms with van der Waals surface area (Å²) >= 11 is 0. The Labute approximate surface area is 77.0 Å². The van der Waals surface area contributed by atoms with Gasteiger partial charge in [-0.15, -0.1) is 6.42 Å². The number of phenolic OH excluding ortho intramolecular Hbond substituents is 2. The molecule has 3 N–H and O–H groups in total. The van der Waals surface area contributed by atoms with Crippen molar-refractivity contribution in [2.24, 2.45) is 0 Å². The minimum absolute atomic E-state index is 0.0907. The van der Waals surface area contributed by atoms with Crippen LogP contribution in [-0.4, -0.2) is 16.8 Å². The molecule has 0 amide bonds. The lowest BCUT2D eigenvalue weighted by Crippen LogP contribution is -2.12. The standard InChI is InChI=1S/C10H11NO2/c1-2-6-11-7-8-4-3-5-9(12)10(8)13/h1,3-5,11-13H,6-7H2. The van der Waals surface area contributed by atoms with Gasteiger partial charge in [0.05, 0.1) is 6.54 Å². The largest absolute Gasteiger partial charge is 0.504 e. The van der Waals surface area contributed by atoms with Crippen LogP contribution in [0.15, 0.2) is 18.2 Å². The third-order valence-corrected chi connectivity index (χ3v) is 1.64. The van der Waals surface area contributed by atoms with Gasteiger partial charge < -0.3 is 15.5 Å². The lowest BCUT2D eigenvalue weighted by Gasteiger charge is -2.05. The van der Waals surface area contributed by atoms with Crippen LogP contribution in [0, 0.1) is 12.3 Å². The van der Waals surface area contributed by atoms with E-state index >= 15 is 0 Å². The molecule has 0 aromatic heterocycles. The van der Waals surface area contributed by atoms with E-state index in [1.807, 2.05) is 0 Å². The fourth-order valence-electron chi connectivity index (χ4n) is 0.990. The lowest BCUT2D eigenvalue weighted by atomic mass is 10.2. The second-order valence-electron chi connectivity index (χ2n) is 2.59. The summed E-state index contributed by atoms with van der Waals surface area (Å²) in [7, 11) is 0. The van der Waals surface area contributed by atoms with Crippen LogP contribution >= 0.6 is 0 Å². The lowest BCUT2D eigenvalue weighted by molar-refractivity contribution is 0.398. The van der Waals surface area contributed by atoms with Crippen molar-refractivity contribution in [2.45, 2.75) is 6.54 Å². The Morgan fingerprint density at radius 2 is 2.15 bits per heavy atom. The summed E-state index contributed by atoms with van der Waals surface area (Å²) in [6, 6.07) is 4.82. The van der Waals surface area contributed by atoms with Gasteiger partial charge in [-0.25, -0.2) is 0 Å². The highest BCUT2D eigenvalue weighted by molar-refractivity contribution is 5.44. The van der Waals surface area contributed by atoms with Crippen molar-refractivity contribution < 1.29 is 10.2 Å². The molecule has 0 heterocycles. The summed E-state index contributed by atoms with van der Waals surface area (Å²) in [5.74, 6) is 2.21. The van der Waals surface area contributed by atoms with E-state index in [1.165, 1.54) is 6.07 Å². The van der Waals surface area contributed by atoms with Crippen LogP contribution in [0.2, 0.25) is 0 Å². The highest BCUT2D eigenvalue weighted by Gasteiger charge is 2.03. The number of hydrogen-bond acceptors (Lipinski definition) is 3. The summed E-state index contributed by atoms with van der Waals surface area (Å²) in [6.07, 6.45) is 5.04. The summed E-state index contributed by atoms with van der Waals surface area (Å²) in [4.78, 5) is 0. The van der Waals surface area contributed by atoms with Crippen LogP contribution < -0.4 is 5.32 Å². The van der Waals surface area contributed by atoms with E-state index in [2.05, 4.69) is 11.2 Å². The molecule has 0 bridgehead atoms. The van der Waals surface area contributed by atoms with Crippen molar-refractivity contribution in [3.63, 3.8) is 0 Å². The molecule has 0 fully saturated rings. The zero-order chi connectivity index (χ0) is 9.68. The SMILES string of the molecule is C#CCNCc1cccc(O)c1O. The third-order valence-electron chi connectivity index (χ3n) is 1.64. The Morgan fingerprint density at radius 3 is 2.85 bits per heavy atom. The highest BCUT2D eigenvalue weighted by atomic mass is 16.3. The van der Waals surface area contributed by atoms with Crippen LogP contribution in [0.3, 0.4) is 0 Å². The monoisotopic (exact) mass is 177 g/mol. The van der Waals surface area contributed by atoms with Gasteiger partial charge in [0, 0.05) is 12.1 Å². The molecule has 0 unspecified atom stereocenters. The van der Waals surface area contributed by atoms with Gasteiger partial charge in [0.15, 0.2) is 11.5 Å². The molecule has 0 saturated carbocycles. The van der Waals surface area contributed by atoms with Gasteiger partial charge in [0.25, 0.3) is 0 Å². The van der Waals surface area contributed by atoms with Crippen molar-refractivity contribution in [2.75, 3.05) is 6.54 Å². The van der Waals surface area contributed by atoms with Crippen molar-refractivity contribution >= 4 is 0 Å². The van der Waals surface area contributed by atoms with Gasteiger partial charge in [-0.3, -0.25) is 0 Å². The topological polar surface area (TPSA) is 52.5 Å². The first-order valence-electron chi connectivity index (χ1n) is 3.89. The zero-order valence-corrected chi connectivity index (χ0v) is 7.12. The molecule has 0 aliphatic heterocycles. The van der Waals surface area contributed by atoms with Crippen molar-refractivity contribution in [1.29, 1.82) is 0 Å². The molecule has 0 aliphatic carbocycles. The maximum Gasteiger partial charge on any atom is 0.161 e. The molecule has 1 rings (SSSR count). The minimum Gasteiger partial charge on any atom is -0.504 e. The maximum absolute atomic E-state index is 9.36. The van der Waals surface area contributed by atoms with Crippen molar-refractivity contribution in [1.82, 2.24) is 5.32 Å². The van der Waals surface area contributed by atoms with Gasteiger partial charge in [-0.2, -0.15) is 0 Å². The molecule has 3 nitrogen and oxygen atoms in total. The van der Waals surface area contributed by atoms with E-state index < -0.39 is 0 Å². The van der Waals surface area contributed by atoms with Crippen LogP contribution in [0.4, 0.5) is 0 Å². The Hall–Kier alpha value is -1.66. The highest BCUT2D eigenvalue weighted by Crippen LogP contribution is 2.27. The van der Waals surface area contributed by atoms with Gasteiger partial charge >= 0.3 is 0 Å². The van der Waals surface area contributed by atoms with Gasteiger partial charge in [0.1, 0.15) is 0 Å². The average Bonchev–Trinajstić information content (AvgIpc) is 2.13. The Bertz CT molecular complexity index is 328. The predicted octanol–water partition coefficient (Wildman–Crippen LogP) is 0.821. The molecule has 68 valence electrons. The summed E-state index contributed by atoms with van der Waals surface area (Å²) < 4.78 is 0. The number of aromatic hydroxyl groups is 2. The van der Waals surface area contributed by atoms with Crippen molar-refractivity contribution in [3.8, 4) is 23.8 Å². The number of terminal acetylenes is 1. The molecular formula is C10H11NO2. The van der Waals surface area contributed by atoms with Gasteiger partial charge in [-0.05, 0) is 6.07 Å². The Balaban J connectivity index is 2.67. The number of benzene rings is 1. The van der Waals surface area contributed by atoms with E-state index in [-0.39, 0.29) is 11.5 Å². The van der Waals surface area contributed by atoms with E-state index in [0.717, 1.165) is 0 Å². The van der Waals surface area contributed by atoms with E-state index in [0.29, 0.717) is 18.7 Å². The second-order valence-corrected chi connectivity index (χ2v) is 2.59. The molecule has 0 aliphatic rings. The average molecular weight is 177 g/mol. The Morgan fingerprint density at radius 1 is 1.38 bits per heavy atom. The first-order valence-corrected chi connectivity index (χ1v) is 3.89.